The lowest BCUT2D eigenvalue weighted by Crippen LogP contribution is -2.56. The van der Waals surface area contributed by atoms with Crippen LogP contribution in [0.5, 0.6) is 0 Å². The van der Waals surface area contributed by atoms with Gasteiger partial charge in [-0.3, -0.25) is 19.2 Å². The number of nitrogens with zero attached hydrogens (tertiary/aromatic N) is 1. The fraction of sp³-hybridized carbons (Fsp3) is 0.378. The van der Waals surface area contributed by atoms with Crippen molar-refractivity contribution in [3.8, 4) is 0 Å². The Morgan fingerprint density at radius 1 is 0.878 bits per heavy atom. The smallest absolute Gasteiger partial charge is 0.407 e. The fourth-order valence-corrected chi connectivity index (χ4v) is 5.77. The summed E-state index contributed by atoms with van der Waals surface area (Å²) in [7, 11) is 0. The summed E-state index contributed by atoms with van der Waals surface area (Å²) in [5.41, 5.74) is 2.13. The van der Waals surface area contributed by atoms with Gasteiger partial charge < -0.3 is 25.6 Å². The molecule has 1 aliphatic heterocycles. The van der Waals surface area contributed by atoms with E-state index < -0.39 is 35.6 Å². The zero-order chi connectivity index (χ0) is 35.6. The van der Waals surface area contributed by atoms with Gasteiger partial charge in [0.05, 0.1) is 10.0 Å². The van der Waals surface area contributed by atoms with E-state index >= 15 is 0 Å². The molecule has 4 rings (SSSR count). The molecule has 10 nitrogen and oxygen atoms in total. The molecule has 0 fully saturated rings. The van der Waals surface area contributed by atoms with Crippen LogP contribution in [0.15, 0.2) is 72.8 Å². The number of fused-ring (bicyclic) bond motifs is 1. The summed E-state index contributed by atoms with van der Waals surface area (Å²) in [6.07, 6.45) is 0.893. The van der Waals surface area contributed by atoms with Gasteiger partial charge in [0.1, 0.15) is 17.7 Å². The third-order valence-electron chi connectivity index (χ3n) is 7.94. The Labute approximate surface area is 296 Å². The van der Waals surface area contributed by atoms with E-state index in [4.69, 9.17) is 27.9 Å². The largest absolute Gasteiger partial charge is 0.444 e. The number of amides is 4. The van der Waals surface area contributed by atoms with E-state index in [2.05, 4.69) is 16.0 Å². The Morgan fingerprint density at radius 2 is 1.57 bits per heavy atom. The second-order valence-electron chi connectivity index (χ2n) is 12.9. The number of carbonyl (C=O) groups excluding carboxylic acids is 5. The highest BCUT2D eigenvalue weighted by Crippen LogP contribution is 2.27. The average Bonchev–Trinajstić information content (AvgIpc) is 3.06. The first kappa shape index (κ1) is 37.4. The second kappa shape index (κ2) is 17.3. The van der Waals surface area contributed by atoms with E-state index in [1.54, 1.807) is 57.2 Å². The van der Waals surface area contributed by atoms with Gasteiger partial charge in [-0.1, -0.05) is 77.8 Å². The number of hydrogen-bond donors (Lipinski definition) is 3. The topological polar surface area (TPSA) is 134 Å². The van der Waals surface area contributed by atoms with Crippen LogP contribution < -0.4 is 16.0 Å². The van der Waals surface area contributed by atoms with Crippen LogP contribution in [0.3, 0.4) is 0 Å². The van der Waals surface area contributed by atoms with Crippen LogP contribution in [0.1, 0.15) is 74.4 Å². The van der Waals surface area contributed by atoms with E-state index in [1.807, 2.05) is 30.3 Å². The monoisotopic (exact) mass is 708 g/mol. The minimum absolute atomic E-state index is 0.00134. The summed E-state index contributed by atoms with van der Waals surface area (Å²) < 4.78 is 5.27. The molecule has 0 aliphatic carbocycles. The van der Waals surface area contributed by atoms with E-state index in [0.29, 0.717) is 35.7 Å². The van der Waals surface area contributed by atoms with Gasteiger partial charge in [0, 0.05) is 43.6 Å². The van der Waals surface area contributed by atoms with Gasteiger partial charge in [0.2, 0.25) is 17.7 Å². The lowest BCUT2D eigenvalue weighted by Gasteiger charge is -2.37. The van der Waals surface area contributed by atoms with Crippen LogP contribution in [0.4, 0.5) is 10.5 Å². The highest BCUT2D eigenvalue weighted by Gasteiger charge is 2.36. The number of carbonyl (C=O) groups is 5. The quantitative estimate of drug-likeness (QED) is 0.133. The van der Waals surface area contributed by atoms with Crippen molar-refractivity contribution < 1.29 is 28.7 Å². The average molecular weight is 710 g/mol. The Kier molecular flexibility index (Phi) is 13.2. The first-order chi connectivity index (χ1) is 23.3. The molecule has 0 radical (unpaired) electrons. The number of ketones is 1. The Balaban J connectivity index is 1.47. The van der Waals surface area contributed by atoms with Crippen LogP contribution >= 0.6 is 23.2 Å². The highest BCUT2D eigenvalue weighted by atomic mass is 35.5. The third-order valence-corrected chi connectivity index (χ3v) is 8.68. The number of benzene rings is 3. The standard InChI is InChI=1S/C37H42Cl2N4O6/c1-37(2,3)49-36(48)40-20-10-9-15-30(34(46)41-27-16-17-28(38)29(39)22-27)42-35(47)31-21-25-13-7-8-14-26(25)23-43(31)33(45)19-18-32(44)24-11-5-4-6-12-24/h4-8,11-14,16-17,22,30-31H,9-10,15,18-21,23H2,1-3H3,(H,40,48)(H,41,46)(H,42,47)/t30-,31-/m0/s1. The van der Waals surface area contributed by atoms with Gasteiger partial charge in [-0.05, 0) is 69.4 Å². The number of anilines is 1. The molecule has 3 aromatic rings. The van der Waals surface area contributed by atoms with Crippen molar-refractivity contribution >= 4 is 58.5 Å². The van der Waals surface area contributed by atoms with Gasteiger partial charge in [-0.15, -0.1) is 0 Å². The maximum Gasteiger partial charge on any atom is 0.407 e. The molecule has 3 N–H and O–H groups in total. The highest BCUT2D eigenvalue weighted by molar-refractivity contribution is 6.42. The van der Waals surface area contributed by atoms with Crippen LogP contribution in [0.2, 0.25) is 10.0 Å². The van der Waals surface area contributed by atoms with Gasteiger partial charge in [0.25, 0.3) is 0 Å². The van der Waals surface area contributed by atoms with Crippen molar-refractivity contribution in [1.29, 1.82) is 0 Å². The lowest BCUT2D eigenvalue weighted by atomic mass is 9.92. The number of alkyl carbamates (subject to hydrolysis) is 1. The molecule has 0 saturated heterocycles. The van der Waals surface area contributed by atoms with Crippen LogP contribution in [0.25, 0.3) is 0 Å². The lowest BCUT2D eigenvalue weighted by molar-refractivity contribution is -0.142. The van der Waals surface area contributed by atoms with Crippen molar-refractivity contribution in [2.75, 3.05) is 11.9 Å². The molecule has 2 atom stereocenters. The van der Waals surface area contributed by atoms with Gasteiger partial charge in [-0.2, -0.15) is 0 Å². The number of rotatable bonds is 13. The second-order valence-corrected chi connectivity index (χ2v) is 13.7. The Hall–Kier alpha value is -4.41. The number of Topliss-reactive ketones (excluding diaryl/α,β-unsaturated/α-hetero) is 1. The molecule has 12 heteroatoms. The molecule has 4 amide bonds. The van der Waals surface area contributed by atoms with Crippen molar-refractivity contribution in [2.24, 2.45) is 0 Å². The number of ether oxygens (including phenoxy) is 1. The van der Waals surface area contributed by atoms with Crippen molar-refractivity contribution in [3.05, 3.63) is 99.5 Å². The third kappa shape index (κ3) is 11.3. The van der Waals surface area contributed by atoms with Crippen LogP contribution in [-0.2, 0) is 32.1 Å². The van der Waals surface area contributed by atoms with Gasteiger partial charge in [-0.25, -0.2) is 4.79 Å². The summed E-state index contributed by atoms with van der Waals surface area (Å²) in [4.78, 5) is 67.5. The maximum absolute atomic E-state index is 14.0. The molecule has 1 aliphatic rings. The summed E-state index contributed by atoms with van der Waals surface area (Å²) in [5, 5.41) is 8.97. The first-order valence-electron chi connectivity index (χ1n) is 16.3. The molecular weight excluding hydrogens is 667 g/mol. The van der Waals surface area contributed by atoms with Crippen LogP contribution in [-0.4, -0.2) is 58.7 Å². The molecule has 0 unspecified atom stereocenters. The van der Waals surface area contributed by atoms with E-state index in [-0.39, 0.29) is 48.9 Å². The molecule has 0 saturated carbocycles. The molecular formula is C37H42Cl2N4O6. The fourth-order valence-electron chi connectivity index (χ4n) is 5.47. The number of unbranched alkanes of at least 4 members (excludes halogenated alkanes) is 1. The molecule has 49 heavy (non-hydrogen) atoms. The van der Waals surface area contributed by atoms with Crippen LogP contribution in [0, 0.1) is 0 Å². The summed E-state index contributed by atoms with van der Waals surface area (Å²) in [6.45, 7) is 5.83. The van der Waals surface area contributed by atoms with Gasteiger partial charge >= 0.3 is 6.09 Å². The normalized spacial score (nSPS) is 14.6. The molecule has 0 bridgehead atoms. The number of halogens is 2. The minimum atomic E-state index is -0.975. The van der Waals surface area contributed by atoms with E-state index in [9.17, 15) is 24.0 Å². The predicted octanol–water partition coefficient (Wildman–Crippen LogP) is 6.73. The Morgan fingerprint density at radius 3 is 2.27 bits per heavy atom. The van der Waals surface area contributed by atoms with E-state index in [1.165, 1.54) is 11.0 Å². The number of nitrogens with one attached hydrogen (secondary N) is 3. The summed E-state index contributed by atoms with van der Waals surface area (Å²) in [6, 6.07) is 19.1. The summed E-state index contributed by atoms with van der Waals surface area (Å²) >= 11 is 12.2. The van der Waals surface area contributed by atoms with Crippen molar-refractivity contribution in [3.63, 3.8) is 0 Å². The SMILES string of the molecule is CC(C)(C)OC(=O)NCCCC[C@H](NC(=O)[C@@H]1Cc2ccccc2CN1C(=O)CCC(=O)c1ccccc1)C(=O)Nc1ccc(Cl)c(Cl)c1. The molecule has 0 aromatic heterocycles. The first-order valence-corrected chi connectivity index (χ1v) is 17.0. The Bertz CT molecular complexity index is 1660. The molecule has 260 valence electrons. The maximum atomic E-state index is 14.0. The molecule has 3 aromatic carbocycles. The van der Waals surface area contributed by atoms with E-state index in [0.717, 1.165) is 11.1 Å². The zero-order valence-electron chi connectivity index (χ0n) is 27.9. The van der Waals surface area contributed by atoms with Crippen molar-refractivity contribution in [1.82, 2.24) is 15.5 Å². The summed E-state index contributed by atoms with van der Waals surface area (Å²) in [5.74, 6) is -1.45. The minimum Gasteiger partial charge on any atom is -0.444 e. The molecule has 0 spiro atoms. The molecule has 1 heterocycles. The van der Waals surface area contributed by atoms with Gasteiger partial charge in [0.15, 0.2) is 5.78 Å². The van der Waals surface area contributed by atoms with Crippen molar-refractivity contribution in [2.45, 2.75) is 83.5 Å². The number of hydrogen-bond acceptors (Lipinski definition) is 6. The zero-order valence-corrected chi connectivity index (χ0v) is 29.4. The predicted molar refractivity (Wildman–Crippen MR) is 190 cm³/mol.